The summed E-state index contributed by atoms with van der Waals surface area (Å²) in [5.74, 6) is -4.96. The molecule has 0 aliphatic carbocycles. The number of nitrogens with one attached hydrogen (secondary N) is 1. The van der Waals surface area contributed by atoms with Crippen LogP contribution in [0.4, 0.5) is 26.3 Å². The molecule has 0 aliphatic rings. The molecule has 17 heteroatoms. The van der Waals surface area contributed by atoms with Crippen molar-refractivity contribution in [3.8, 4) is 0 Å². The molecule has 0 fully saturated rings. The molecule has 4 rings (SSSR count). The van der Waals surface area contributed by atoms with Gasteiger partial charge < -0.3 is 11.1 Å². The Bertz CT molecular complexity index is 1740. The first-order valence-electron chi connectivity index (χ1n) is 14.0. The van der Waals surface area contributed by atoms with Gasteiger partial charge in [0.1, 0.15) is 0 Å². The van der Waals surface area contributed by atoms with Crippen LogP contribution in [0.1, 0.15) is 85.5 Å². The molecule has 2 unspecified atom stereocenters. The number of fused-ring (bicyclic) bond motifs is 2. The Morgan fingerprint density at radius 2 is 1.11 bits per heavy atom. The summed E-state index contributed by atoms with van der Waals surface area (Å²) in [6, 6.07) is 9.47. The zero-order valence-corrected chi connectivity index (χ0v) is 26.8. The number of primary amides is 1. The molecule has 10 nitrogen and oxygen atoms in total. The van der Waals surface area contributed by atoms with Crippen LogP contribution in [0.2, 0.25) is 0 Å². The predicted octanol–water partition coefficient (Wildman–Crippen LogP) is 6.01. The Morgan fingerprint density at radius 3 is 1.43 bits per heavy atom. The first-order valence-corrected chi connectivity index (χ1v) is 14.4. The van der Waals surface area contributed by atoms with E-state index in [0.717, 1.165) is 11.2 Å². The van der Waals surface area contributed by atoms with Gasteiger partial charge in [0.25, 0.3) is 0 Å². The minimum absolute atomic E-state index is 0.0587. The van der Waals surface area contributed by atoms with Crippen LogP contribution >= 0.6 is 11.6 Å². The lowest BCUT2D eigenvalue weighted by atomic mass is 9.98. The summed E-state index contributed by atoms with van der Waals surface area (Å²) in [6.45, 7) is 10.6. The van der Waals surface area contributed by atoms with E-state index >= 15 is 0 Å². The normalized spacial score (nSPS) is 13.0. The van der Waals surface area contributed by atoms with Crippen LogP contribution in [0.3, 0.4) is 0 Å². The number of hydrogen-bond donors (Lipinski definition) is 2. The van der Waals surface area contributed by atoms with Gasteiger partial charge in [0.2, 0.25) is 0 Å². The SMILES string of the molecule is CC(Cl)C(=O)c1c(C(C)C)nn2ccccc12.CC(NC(=O)C(F)(F)F)C(=O)c1c(C(C)C)nn2ccccc12.NC(=O)C(F)(F)F. The van der Waals surface area contributed by atoms with Gasteiger partial charge in [0.15, 0.2) is 11.6 Å². The fourth-order valence-corrected chi connectivity index (χ4v) is 4.22. The fourth-order valence-electron chi connectivity index (χ4n) is 4.11. The molecule has 2 atom stereocenters. The fraction of sp³-hybridized carbons (Fsp3) is 0.400. The van der Waals surface area contributed by atoms with Crippen molar-refractivity contribution in [3.05, 3.63) is 71.3 Å². The van der Waals surface area contributed by atoms with Gasteiger partial charge in [0, 0.05) is 12.4 Å². The Morgan fingerprint density at radius 1 is 0.723 bits per heavy atom. The van der Waals surface area contributed by atoms with Crippen molar-refractivity contribution in [2.45, 2.75) is 77.1 Å². The van der Waals surface area contributed by atoms with E-state index in [1.807, 2.05) is 52.1 Å². The Balaban J connectivity index is 0.000000280. The number of pyridine rings is 2. The third-order valence-electron chi connectivity index (χ3n) is 6.36. The van der Waals surface area contributed by atoms with Gasteiger partial charge in [-0.25, -0.2) is 9.03 Å². The summed E-state index contributed by atoms with van der Waals surface area (Å²) in [5.41, 5.74) is 7.31. The molecule has 0 aliphatic heterocycles. The molecular weight excluding hydrogens is 658 g/mol. The lowest BCUT2D eigenvalue weighted by molar-refractivity contribution is -0.173. The zero-order valence-electron chi connectivity index (χ0n) is 26.1. The topological polar surface area (TPSA) is 141 Å². The molecule has 0 saturated carbocycles. The number of rotatable bonds is 7. The highest BCUT2D eigenvalue weighted by Gasteiger charge is 2.40. The van der Waals surface area contributed by atoms with Crippen LogP contribution in [0, 0.1) is 0 Å². The maximum Gasteiger partial charge on any atom is 0.471 e. The highest BCUT2D eigenvalue weighted by atomic mass is 35.5. The summed E-state index contributed by atoms with van der Waals surface area (Å²) in [5, 5.41) is 9.92. The highest BCUT2D eigenvalue weighted by molar-refractivity contribution is 6.34. The van der Waals surface area contributed by atoms with Gasteiger partial charge in [-0.3, -0.25) is 19.2 Å². The summed E-state index contributed by atoms with van der Waals surface area (Å²) in [7, 11) is 0. The summed E-state index contributed by atoms with van der Waals surface area (Å²) in [4.78, 5) is 44.9. The molecule has 0 aromatic carbocycles. The van der Waals surface area contributed by atoms with Crippen LogP contribution in [0.5, 0.6) is 0 Å². The van der Waals surface area contributed by atoms with Crippen molar-refractivity contribution in [2.75, 3.05) is 0 Å². The van der Waals surface area contributed by atoms with E-state index in [2.05, 4.69) is 15.9 Å². The monoisotopic (exact) mass is 690 g/mol. The number of ketones is 2. The van der Waals surface area contributed by atoms with E-state index < -0.39 is 41.4 Å². The van der Waals surface area contributed by atoms with E-state index in [1.54, 1.807) is 41.2 Å². The number of halogens is 7. The molecule has 0 bridgehead atoms. The first-order chi connectivity index (χ1) is 21.6. The molecule has 4 heterocycles. The molecule has 3 N–H and O–H groups in total. The molecular formula is C30H33ClF6N6O4. The number of nitrogens with two attached hydrogens (primary N) is 1. The smallest absolute Gasteiger partial charge is 0.362 e. The average molecular weight is 691 g/mol. The van der Waals surface area contributed by atoms with Crippen molar-refractivity contribution < 1.29 is 45.5 Å². The van der Waals surface area contributed by atoms with Crippen LogP contribution in [0.25, 0.3) is 11.0 Å². The number of nitrogens with zero attached hydrogens (tertiary/aromatic N) is 4. The number of Topliss-reactive ketones (excluding diaryl/α,β-unsaturated/α-hetero) is 2. The quantitative estimate of drug-likeness (QED) is 0.138. The van der Waals surface area contributed by atoms with Crippen molar-refractivity contribution in [2.24, 2.45) is 5.73 Å². The second kappa shape index (κ2) is 15.4. The number of carbonyl (C=O) groups excluding carboxylic acids is 4. The van der Waals surface area contributed by atoms with Gasteiger partial charge in [-0.2, -0.15) is 36.5 Å². The molecule has 0 radical (unpaired) electrons. The Labute approximate surface area is 270 Å². The number of amides is 2. The number of hydrogen-bond acceptors (Lipinski definition) is 6. The van der Waals surface area contributed by atoms with E-state index in [4.69, 9.17) is 16.4 Å². The maximum absolute atomic E-state index is 12.6. The summed E-state index contributed by atoms with van der Waals surface area (Å²) < 4.78 is 72.4. The van der Waals surface area contributed by atoms with Gasteiger partial charge in [0.05, 0.1) is 45.0 Å². The third-order valence-corrected chi connectivity index (χ3v) is 6.56. The van der Waals surface area contributed by atoms with Crippen LogP contribution in [-0.2, 0) is 9.59 Å². The number of carbonyl (C=O) groups is 4. The minimum atomic E-state index is -5.03. The van der Waals surface area contributed by atoms with Crippen LogP contribution < -0.4 is 11.1 Å². The molecule has 4 aromatic rings. The Hall–Kier alpha value is -4.47. The van der Waals surface area contributed by atoms with Gasteiger partial charge in [-0.15, -0.1) is 11.6 Å². The molecule has 2 amide bonds. The van der Waals surface area contributed by atoms with Crippen molar-refractivity contribution in [1.29, 1.82) is 0 Å². The minimum Gasteiger partial charge on any atom is -0.362 e. The van der Waals surface area contributed by atoms with E-state index in [1.165, 1.54) is 11.4 Å². The van der Waals surface area contributed by atoms with Crippen molar-refractivity contribution in [3.63, 3.8) is 0 Å². The van der Waals surface area contributed by atoms with E-state index in [0.29, 0.717) is 16.8 Å². The zero-order chi connectivity index (χ0) is 36.0. The first kappa shape index (κ1) is 38.7. The Kier molecular flexibility index (Phi) is 12.7. The van der Waals surface area contributed by atoms with Crippen LogP contribution in [-0.4, -0.2) is 66.4 Å². The number of aromatic nitrogens is 4. The average Bonchev–Trinajstić information content (AvgIpc) is 3.55. The highest BCUT2D eigenvalue weighted by Crippen LogP contribution is 2.26. The van der Waals surface area contributed by atoms with Gasteiger partial charge in [-0.05, 0) is 49.9 Å². The molecule has 0 spiro atoms. The molecule has 0 saturated heterocycles. The molecule has 256 valence electrons. The standard InChI is InChI=1S/C15H16F3N3O2.C13H15ClN2O.C2H2F3NO/c1-8(2)12-11(10-6-4-5-7-21(10)20-12)13(22)9(3)19-14(23)15(16,17)18;1-8(2)12-11(13(17)9(3)14)10-6-4-5-7-16(10)15-12;3-2(4,5)1(6)7/h4-9H,1-3H3,(H,19,23);4-9H,1-3H3;(H2,6,7). The third kappa shape index (κ3) is 9.76. The van der Waals surface area contributed by atoms with Gasteiger partial charge in [-0.1, -0.05) is 39.8 Å². The summed E-state index contributed by atoms with van der Waals surface area (Å²) >= 11 is 5.91. The lowest BCUT2D eigenvalue weighted by Gasteiger charge is -2.15. The second-order valence-electron chi connectivity index (χ2n) is 10.8. The number of alkyl halides is 7. The molecule has 4 aromatic heterocycles. The van der Waals surface area contributed by atoms with Crippen LogP contribution in [0.15, 0.2) is 48.8 Å². The van der Waals surface area contributed by atoms with E-state index in [9.17, 15) is 40.7 Å². The molecule has 47 heavy (non-hydrogen) atoms. The van der Waals surface area contributed by atoms with Gasteiger partial charge >= 0.3 is 24.2 Å². The largest absolute Gasteiger partial charge is 0.471 e. The van der Waals surface area contributed by atoms with E-state index in [-0.39, 0.29) is 23.2 Å². The second-order valence-corrected chi connectivity index (χ2v) is 11.4. The van der Waals surface area contributed by atoms with Crippen molar-refractivity contribution in [1.82, 2.24) is 24.5 Å². The van der Waals surface area contributed by atoms with Crippen molar-refractivity contribution >= 4 is 46.0 Å². The summed E-state index contributed by atoms with van der Waals surface area (Å²) in [6.07, 6.45) is -6.40. The predicted molar refractivity (Wildman–Crippen MR) is 161 cm³/mol. The lowest BCUT2D eigenvalue weighted by Crippen LogP contribution is -2.45. The maximum atomic E-state index is 12.6.